The van der Waals surface area contributed by atoms with Crippen molar-refractivity contribution in [2.45, 2.75) is 13.3 Å². The van der Waals surface area contributed by atoms with Gasteiger partial charge in [0.05, 0.1) is 15.1 Å². The van der Waals surface area contributed by atoms with Gasteiger partial charge in [-0.15, -0.1) is 0 Å². The summed E-state index contributed by atoms with van der Waals surface area (Å²) in [6.07, 6.45) is 4.00. The van der Waals surface area contributed by atoms with Crippen LogP contribution in [0.2, 0.25) is 0 Å². The number of nitrogens with one attached hydrogen (secondary N) is 1. The van der Waals surface area contributed by atoms with E-state index in [-0.39, 0.29) is 24.8 Å². The number of hydrogen-bond acceptors (Lipinski definition) is 6. The maximum absolute atomic E-state index is 12.8. The van der Waals surface area contributed by atoms with Crippen LogP contribution in [0.15, 0.2) is 71.2 Å². The number of carbonyl (C=O) groups is 2. The van der Waals surface area contributed by atoms with E-state index >= 15 is 0 Å². The summed E-state index contributed by atoms with van der Waals surface area (Å²) >= 11 is 8.06. The molecule has 0 spiro atoms. The van der Waals surface area contributed by atoms with Crippen molar-refractivity contribution in [2.24, 2.45) is 0 Å². The van der Waals surface area contributed by atoms with Gasteiger partial charge in [-0.2, -0.15) is 0 Å². The molecule has 156 valence electrons. The molecule has 0 bridgehead atoms. The molecule has 0 saturated carbocycles. The smallest absolute Gasteiger partial charge is 0.266 e. The second-order valence-corrected chi connectivity index (χ2v) is 9.62. The summed E-state index contributed by atoms with van der Waals surface area (Å²) in [7, 11) is 0. The van der Waals surface area contributed by atoms with Gasteiger partial charge >= 0.3 is 0 Å². The minimum atomic E-state index is -0.197. The predicted molar refractivity (Wildman–Crippen MR) is 133 cm³/mol. The summed E-state index contributed by atoms with van der Waals surface area (Å²) in [6.45, 7) is 2.19. The van der Waals surface area contributed by atoms with Gasteiger partial charge in [-0.05, 0) is 36.3 Å². The van der Waals surface area contributed by atoms with Crippen LogP contribution in [0.25, 0.3) is 16.3 Å². The van der Waals surface area contributed by atoms with Crippen LogP contribution >= 0.6 is 35.3 Å². The fourth-order valence-electron chi connectivity index (χ4n) is 3.07. The second kappa shape index (κ2) is 9.55. The molecule has 8 heteroatoms. The average molecular weight is 466 g/mol. The van der Waals surface area contributed by atoms with Crippen LogP contribution in [0.1, 0.15) is 18.9 Å². The van der Waals surface area contributed by atoms with Gasteiger partial charge in [0.1, 0.15) is 4.32 Å². The highest BCUT2D eigenvalue weighted by Crippen LogP contribution is 2.32. The number of thiocarbonyl (C=S) groups is 1. The number of fused-ring (bicyclic) bond motifs is 1. The third kappa shape index (κ3) is 5.28. The number of rotatable bonds is 6. The summed E-state index contributed by atoms with van der Waals surface area (Å²) in [5.41, 5.74) is 2.88. The summed E-state index contributed by atoms with van der Waals surface area (Å²) < 4.78 is 1.48. The molecule has 0 atom stereocenters. The molecule has 0 radical (unpaired) electrons. The molecule has 1 saturated heterocycles. The minimum absolute atomic E-state index is 0.147. The van der Waals surface area contributed by atoms with Gasteiger partial charge in [0.15, 0.2) is 5.13 Å². The fourth-order valence-corrected chi connectivity index (χ4v) is 5.31. The van der Waals surface area contributed by atoms with Crippen LogP contribution in [0.3, 0.4) is 0 Å². The zero-order valence-corrected chi connectivity index (χ0v) is 19.2. The third-order valence-corrected chi connectivity index (χ3v) is 6.86. The summed E-state index contributed by atoms with van der Waals surface area (Å²) in [5, 5.41) is 3.37. The first-order valence-electron chi connectivity index (χ1n) is 9.64. The van der Waals surface area contributed by atoms with E-state index in [1.807, 2.05) is 73.7 Å². The Morgan fingerprint density at radius 3 is 2.68 bits per heavy atom. The van der Waals surface area contributed by atoms with Gasteiger partial charge in [-0.1, -0.05) is 83.9 Å². The highest BCUT2D eigenvalue weighted by molar-refractivity contribution is 8.26. The Hall–Kier alpha value is -2.81. The van der Waals surface area contributed by atoms with Crippen LogP contribution in [0.5, 0.6) is 0 Å². The van der Waals surface area contributed by atoms with Crippen molar-refractivity contribution in [1.82, 2.24) is 9.88 Å². The number of benzene rings is 2. The first kappa shape index (κ1) is 21.4. The lowest BCUT2D eigenvalue weighted by atomic mass is 10.1. The highest BCUT2D eigenvalue weighted by Gasteiger charge is 2.32. The standard InChI is InChI=1S/C23H19N3O2S3/c1-15(13-16-7-3-2-4-8-16)14-19-21(28)26(23(29)31-19)12-11-20(27)25-22-24-17-9-5-6-10-18(17)30-22/h2-10,13-14H,11-12H2,1H3,(H,24,25,27). The van der Waals surface area contributed by atoms with Crippen LogP contribution < -0.4 is 5.32 Å². The Kier molecular flexibility index (Phi) is 6.60. The monoisotopic (exact) mass is 465 g/mol. The lowest BCUT2D eigenvalue weighted by Crippen LogP contribution is -2.31. The number of nitrogens with zero attached hydrogens (tertiary/aromatic N) is 2. The number of thiazole rings is 1. The number of amides is 2. The molecule has 1 aliphatic heterocycles. The number of allylic oxidation sites excluding steroid dienone is 2. The predicted octanol–water partition coefficient (Wildman–Crippen LogP) is 5.47. The van der Waals surface area contributed by atoms with Gasteiger partial charge in [0.2, 0.25) is 5.91 Å². The number of anilines is 1. The summed E-state index contributed by atoms with van der Waals surface area (Å²) in [6, 6.07) is 17.6. The van der Waals surface area contributed by atoms with Gasteiger partial charge in [-0.25, -0.2) is 4.98 Å². The SMILES string of the molecule is CC(=Cc1ccccc1)C=C1SC(=S)N(CCC(=O)Nc2nc3ccccc3s2)C1=O. The van der Waals surface area contributed by atoms with Gasteiger partial charge in [0.25, 0.3) is 5.91 Å². The maximum Gasteiger partial charge on any atom is 0.266 e. The average Bonchev–Trinajstić information content (AvgIpc) is 3.27. The van der Waals surface area contributed by atoms with Gasteiger partial charge in [0, 0.05) is 13.0 Å². The normalized spacial score (nSPS) is 15.8. The Labute approximate surface area is 193 Å². The fraction of sp³-hybridized carbons (Fsp3) is 0.130. The van der Waals surface area contributed by atoms with Crippen LogP contribution in [0, 0.1) is 0 Å². The van der Waals surface area contributed by atoms with E-state index in [1.54, 1.807) is 0 Å². The first-order chi connectivity index (χ1) is 15.0. The molecule has 3 aromatic rings. The zero-order chi connectivity index (χ0) is 21.8. The van der Waals surface area contributed by atoms with Crippen molar-refractivity contribution in [3.05, 3.63) is 76.7 Å². The molecule has 31 heavy (non-hydrogen) atoms. The second-order valence-electron chi connectivity index (χ2n) is 6.92. The Morgan fingerprint density at radius 2 is 1.90 bits per heavy atom. The Balaban J connectivity index is 1.36. The molecule has 4 rings (SSSR count). The topological polar surface area (TPSA) is 62.3 Å². The van der Waals surface area contributed by atoms with E-state index in [9.17, 15) is 9.59 Å². The number of thioether (sulfide) groups is 1. The highest BCUT2D eigenvalue weighted by atomic mass is 32.2. The van der Waals surface area contributed by atoms with Gasteiger partial charge in [-0.3, -0.25) is 14.5 Å². The van der Waals surface area contributed by atoms with Crippen molar-refractivity contribution >= 4 is 72.9 Å². The molecule has 5 nitrogen and oxygen atoms in total. The molecule has 1 aromatic heterocycles. The quantitative estimate of drug-likeness (QED) is 0.386. The van der Waals surface area contributed by atoms with E-state index in [1.165, 1.54) is 28.0 Å². The molecular weight excluding hydrogens is 446 g/mol. The number of aromatic nitrogens is 1. The molecule has 2 amide bonds. The van der Waals surface area contributed by atoms with Gasteiger partial charge < -0.3 is 5.32 Å². The van der Waals surface area contributed by atoms with Crippen LogP contribution in [-0.4, -0.2) is 32.6 Å². The molecule has 2 aromatic carbocycles. The van der Waals surface area contributed by atoms with Crippen molar-refractivity contribution in [3.63, 3.8) is 0 Å². The summed E-state index contributed by atoms with van der Waals surface area (Å²) in [5.74, 6) is -0.360. The van der Waals surface area contributed by atoms with Crippen molar-refractivity contribution in [1.29, 1.82) is 0 Å². The molecule has 1 N–H and O–H groups in total. The van der Waals surface area contributed by atoms with Crippen molar-refractivity contribution < 1.29 is 9.59 Å². The molecule has 2 heterocycles. The van der Waals surface area contributed by atoms with Crippen LogP contribution in [-0.2, 0) is 9.59 Å². The molecule has 1 fully saturated rings. The lowest BCUT2D eigenvalue weighted by molar-refractivity contribution is -0.122. The maximum atomic E-state index is 12.8. The Bertz CT molecular complexity index is 1180. The largest absolute Gasteiger partial charge is 0.302 e. The van der Waals surface area contributed by atoms with E-state index in [0.29, 0.717) is 14.4 Å². The Morgan fingerprint density at radius 1 is 1.16 bits per heavy atom. The van der Waals surface area contributed by atoms with E-state index < -0.39 is 0 Å². The van der Waals surface area contributed by atoms with E-state index in [2.05, 4.69) is 10.3 Å². The minimum Gasteiger partial charge on any atom is -0.302 e. The molecule has 0 unspecified atom stereocenters. The number of carbonyl (C=O) groups excluding carboxylic acids is 2. The number of hydrogen-bond donors (Lipinski definition) is 1. The zero-order valence-electron chi connectivity index (χ0n) is 16.7. The molecular formula is C23H19N3O2S3. The number of para-hydroxylation sites is 1. The lowest BCUT2D eigenvalue weighted by Gasteiger charge is -2.13. The van der Waals surface area contributed by atoms with Crippen molar-refractivity contribution in [2.75, 3.05) is 11.9 Å². The van der Waals surface area contributed by atoms with E-state index in [4.69, 9.17) is 12.2 Å². The van der Waals surface area contributed by atoms with Crippen molar-refractivity contribution in [3.8, 4) is 0 Å². The molecule has 0 aliphatic carbocycles. The van der Waals surface area contributed by atoms with Crippen LogP contribution in [0.4, 0.5) is 5.13 Å². The summed E-state index contributed by atoms with van der Waals surface area (Å²) in [4.78, 5) is 31.6. The third-order valence-electron chi connectivity index (χ3n) is 4.53. The molecule has 1 aliphatic rings. The first-order valence-corrected chi connectivity index (χ1v) is 11.7. The van der Waals surface area contributed by atoms with E-state index in [0.717, 1.165) is 21.4 Å².